The van der Waals surface area contributed by atoms with Gasteiger partial charge in [-0.05, 0) is 48.9 Å². The molecule has 0 saturated heterocycles. The highest BCUT2D eigenvalue weighted by atomic mass is 19.2. The minimum atomic E-state index is -1.32. The molecular formula is C26H34F2N2. The van der Waals surface area contributed by atoms with Gasteiger partial charge < -0.3 is 0 Å². The Labute approximate surface area is 180 Å². The number of aryl methyl sites for hydroxylation is 1. The fraction of sp³-hybridized carbons (Fsp3) is 0.500. The van der Waals surface area contributed by atoms with E-state index in [0.717, 1.165) is 37.9 Å². The third-order valence-electron chi connectivity index (χ3n) is 6.01. The maximum absolute atomic E-state index is 13.6. The molecule has 0 spiro atoms. The first-order chi connectivity index (χ1) is 14.5. The van der Waals surface area contributed by atoms with Crippen molar-refractivity contribution in [2.45, 2.75) is 77.3 Å². The van der Waals surface area contributed by atoms with Crippen LogP contribution in [-0.2, 0) is 13.0 Å². The number of nitrogens with zero attached hydrogens (tertiary/aromatic N) is 2. The van der Waals surface area contributed by atoms with Crippen LogP contribution in [0.2, 0.25) is 0 Å². The first-order valence-electron chi connectivity index (χ1n) is 11.0. The quantitative estimate of drug-likeness (QED) is 0.463. The Kier molecular flexibility index (Phi) is 9.97. The van der Waals surface area contributed by atoms with Gasteiger partial charge in [-0.2, -0.15) is 5.26 Å². The molecule has 3 rings (SSSR count). The summed E-state index contributed by atoms with van der Waals surface area (Å²) in [5.41, 5.74) is 3.57. The molecule has 2 aromatic rings. The van der Waals surface area contributed by atoms with Crippen molar-refractivity contribution >= 4 is 0 Å². The van der Waals surface area contributed by atoms with E-state index >= 15 is 0 Å². The molecule has 4 atom stereocenters. The standard InChI is InChI=1S/C24H31F2N.C2H3N/c1-3-21(27(4-2)17-19-8-6-5-7-9-19)15-12-18-10-13-20(14-11-18)22-16-23(25)24(22)26;1-2-3/h5-11,13-14,21-24H,3-4,12,15-17H2,1-2H3;1H3. The van der Waals surface area contributed by atoms with Crippen LogP contribution in [0.1, 0.15) is 62.6 Å². The lowest BCUT2D eigenvalue weighted by atomic mass is 9.76. The largest absolute Gasteiger partial charge is 0.296 e. The monoisotopic (exact) mass is 412 g/mol. The van der Waals surface area contributed by atoms with Crippen molar-refractivity contribution in [3.63, 3.8) is 0 Å². The first-order valence-corrected chi connectivity index (χ1v) is 11.0. The van der Waals surface area contributed by atoms with Gasteiger partial charge in [-0.3, -0.25) is 4.90 Å². The summed E-state index contributed by atoms with van der Waals surface area (Å²) in [5, 5.41) is 7.32. The van der Waals surface area contributed by atoms with E-state index in [0.29, 0.717) is 12.5 Å². The number of benzene rings is 2. The van der Waals surface area contributed by atoms with Gasteiger partial charge >= 0.3 is 0 Å². The highest BCUT2D eigenvalue weighted by molar-refractivity contribution is 5.29. The molecule has 2 nitrogen and oxygen atoms in total. The average Bonchev–Trinajstić information content (AvgIpc) is 2.78. The topological polar surface area (TPSA) is 27.0 Å². The molecule has 0 aromatic heterocycles. The van der Waals surface area contributed by atoms with Crippen LogP contribution in [0.15, 0.2) is 54.6 Å². The van der Waals surface area contributed by atoms with Crippen LogP contribution < -0.4 is 0 Å². The lowest BCUT2D eigenvalue weighted by molar-refractivity contribution is 0.0428. The molecule has 0 heterocycles. The van der Waals surface area contributed by atoms with Crippen LogP contribution in [0.3, 0.4) is 0 Å². The minimum Gasteiger partial charge on any atom is -0.296 e. The number of rotatable bonds is 9. The van der Waals surface area contributed by atoms with Crippen LogP contribution in [0, 0.1) is 11.3 Å². The second-order valence-electron chi connectivity index (χ2n) is 7.92. The number of hydrogen-bond acceptors (Lipinski definition) is 2. The van der Waals surface area contributed by atoms with Gasteiger partial charge in [0, 0.05) is 25.4 Å². The Morgan fingerprint density at radius 1 is 1.03 bits per heavy atom. The molecule has 0 amide bonds. The minimum absolute atomic E-state index is 0.251. The molecule has 1 saturated carbocycles. The molecule has 4 heteroatoms. The molecule has 1 aliphatic rings. The van der Waals surface area contributed by atoms with Crippen molar-refractivity contribution in [1.82, 2.24) is 4.90 Å². The van der Waals surface area contributed by atoms with E-state index in [4.69, 9.17) is 5.26 Å². The van der Waals surface area contributed by atoms with E-state index in [9.17, 15) is 8.78 Å². The summed E-state index contributed by atoms with van der Waals surface area (Å²) < 4.78 is 26.6. The fourth-order valence-electron chi connectivity index (χ4n) is 4.11. The molecule has 1 fully saturated rings. The molecule has 2 aromatic carbocycles. The predicted molar refractivity (Wildman–Crippen MR) is 120 cm³/mol. The Bertz CT molecular complexity index is 770. The predicted octanol–water partition coefficient (Wildman–Crippen LogP) is 6.61. The molecule has 0 radical (unpaired) electrons. The van der Waals surface area contributed by atoms with Gasteiger partial charge in [0.2, 0.25) is 0 Å². The first kappa shape index (κ1) is 24.0. The van der Waals surface area contributed by atoms with Crippen LogP contribution in [0.5, 0.6) is 0 Å². The highest BCUT2D eigenvalue weighted by Crippen LogP contribution is 2.41. The van der Waals surface area contributed by atoms with E-state index in [1.165, 1.54) is 18.1 Å². The van der Waals surface area contributed by atoms with Gasteiger partial charge in [0.15, 0.2) is 0 Å². The van der Waals surface area contributed by atoms with Crippen molar-refractivity contribution in [2.75, 3.05) is 6.54 Å². The Hall–Kier alpha value is -2.25. The SMILES string of the molecule is CC#N.CCC(CCc1ccc(C2CC(F)C2F)cc1)N(CC)Cc1ccccc1. The molecule has 162 valence electrons. The van der Waals surface area contributed by atoms with Crippen molar-refractivity contribution in [3.05, 3.63) is 71.3 Å². The smallest absolute Gasteiger partial charge is 0.138 e. The van der Waals surface area contributed by atoms with Gasteiger partial charge in [0.25, 0.3) is 0 Å². The third-order valence-corrected chi connectivity index (χ3v) is 6.01. The lowest BCUT2D eigenvalue weighted by Gasteiger charge is -2.34. The van der Waals surface area contributed by atoms with Crippen molar-refractivity contribution in [3.8, 4) is 6.07 Å². The highest BCUT2D eigenvalue weighted by Gasteiger charge is 2.42. The van der Waals surface area contributed by atoms with Crippen LogP contribution in [0.25, 0.3) is 0 Å². The second-order valence-corrected chi connectivity index (χ2v) is 7.92. The van der Waals surface area contributed by atoms with E-state index in [1.54, 1.807) is 6.07 Å². The maximum Gasteiger partial charge on any atom is 0.138 e. The summed E-state index contributed by atoms with van der Waals surface area (Å²) in [5.74, 6) is -0.251. The van der Waals surface area contributed by atoms with Gasteiger partial charge in [0.05, 0.1) is 6.07 Å². The fourth-order valence-corrected chi connectivity index (χ4v) is 4.11. The number of nitriles is 1. The molecule has 1 aliphatic carbocycles. The van der Waals surface area contributed by atoms with E-state index < -0.39 is 12.3 Å². The van der Waals surface area contributed by atoms with Crippen LogP contribution in [-0.4, -0.2) is 29.8 Å². The van der Waals surface area contributed by atoms with Crippen molar-refractivity contribution < 1.29 is 8.78 Å². The van der Waals surface area contributed by atoms with E-state index in [2.05, 4.69) is 61.2 Å². The zero-order valence-corrected chi connectivity index (χ0v) is 18.4. The lowest BCUT2D eigenvalue weighted by Crippen LogP contribution is -2.38. The van der Waals surface area contributed by atoms with Crippen LogP contribution in [0.4, 0.5) is 8.78 Å². The average molecular weight is 413 g/mol. The summed E-state index contributed by atoms with van der Waals surface area (Å²) in [4.78, 5) is 2.55. The number of alkyl halides is 2. The molecule has 0 bridgehead atoms. The summed E-state index contributed by atoms with van der Waals surface area (Å²) in [6.45, 7) is 7.94. The van der Waals surface area contributed by atoms with Gasteiger partial charge in [-0.25, -0.2) is 8.78 Å². The Morgan fingerprint density at radius 2 is 1.67 bits per heavy atom. The third kappa shape index (κ3) is 6.64. The van der Waals surface area contributed by atoms with Gasteiger partial charge in [-0.15, -0.1) is 0 Å². The summed E-state index contributed by atoms with van der Waals surface area (Å²) in [7, 11) is 0. The van der Waals surface area contributed by atoms with Gasteiger partial charge in [-0.1, -0.05) is 68.4 Å². The van der Waals surface area contributed by atoms with Crippen LogP contribution >= 0.6 is 0 Å². The zero-order valence-electron chi connectivity index (χ0n) is 18.4. The van der Waals surface area contributed by atoms with Gasteiger partial charge in [0.1, 0.15) is 12.3 Å². The summed E-state index contributed by atoms with van der Waals surface area (Å²) >= 11 is 0. The maximum atomic E-state index is 13.6. The zero-order chi connectivity index (χ0) is 21.9. The van der Waals surface area contributed by atoms with E-state index in [-0.39, 0.29) is 5.92 Å². The Morgan fingerprint density at radius 3 is 2.17 bits per heavy atom. The summed E-state index contributed by atoms with van der Waals surface area (Å²) in [6, 6.07) is 21.1. The van der Waals surface area contributed by atoms with E-state index in [1.807, 2.05) is 12.1 Å². The molecule has 0 N–H and O–H groups in total. The normalized spacial score (nSPS) is 21.2. The second kappa shape index (κ2) is 12.4. The van der Waals surface area contributed by atoms with Crippen molar-refractivity contribution in [1.29, 1.82) is 5.26 Å². The number of hydrogen-bond donors (Lipinski definition) is 0. The number of halogens is 2. The Balaban J connectivity index is 0.00000101. The molecular weight excluding hydrogens is 378 g/mol. The molecule has 4 unspecified atom stereocenters. The van der Waals surface area contributed by atoms with Crippen molar-refractivity contribution in [2.24, 2.45) is 0 Å². The molecule has 0 aliphatic heterocycles. The molecule has 30 heavy (non-hydrogen) atoms. The summed E-state index contributed by atoms with van der Waals surface area (Å²) in [6.07, 6.45) is 0.977.